The van der Waals surface area contributed by atoms with Crippen molar-refractivity contribution >= 4 is 35.4 Å². The van der Waals surface area contributed by atoms with Gasteiger partial charge in [-0.15, -0.1) is 0 Å². The summed E-state index contributed by atoms with van der Waals surface area (Å²) in [6.45, 7) is 4.53. The van der Waals surface area contributed by atoms with Crippen molar-refractivity contribution in [3.63, 3.8) is 0 Å². The lowest BCUT2D eigenvalue weighted by molar-refractivity contribution is -0.124. The molecule has 1 amide bonds. The summed E-state index contributed by atoms with van der Waals surface area (Å²) < 4.78 is 0. The van der Waals surface area contributed by atoms with Gasteiger partial charge in [0.05, 0.1) is 16.1 Å². The number of carbonyl (C=O) groups excluding carboxylic acids is 2. The van der Waals surface area contributed by atoms with Crippen LogP contribution in [0.15, 0.2) is 18.2 Å². The van der Waals surface area contributed by atoms with E-state index in [1.807, 2.05) is 26.0 Å². The van der Waals surface area contributed by atoms with Crippen molar-refractivity contribution in [1.82, 2.24) is 5.32 Å². The number of benzene rings is 1. The number of hydrogen-bond donors (Lipinski definition) is 2. The SMILES string of the molecule is CC(C)(CNC(=O)C(N)C1CCC(C=O)CC1)c1ccc(Cl)c(Cl)c1. The maximum Gasteiger partial charge on any atom is 0.237 e. The molecular formula is C19H26Cl2N2O2. The maximum absolute atomic E-state index is 12.4. The zero-order chi connectivity index (χ0) is 18.6. The van der Waals surface area contributed by atoms with Gasteiger partial charge >= 0.3 is 0 Å². The standard InChI is InChI=1S/C19H26Cl2N2O2/c1-19(2,14-7-8-15(20)16(21)9-14)11-23-18(25)17(22)13-5-3-12(10-24)4-6-13/h7-10,12-13,17H,3-6,11,22H2,1-2H3,(H,23,25). The van der Waals surface area contributed by atoms with Crippen molar-refractivity contribution in [2.24, 2.45) is 17.6 Å². The second kappa shape index (κ2) is 8.52. The first-order chi connectivity index (χ1) is 11.7. The Kier molecular flexibility index (Phi) is 6.89. The van der Waals surface area contributed by atoms with Gasteiger partial charge < -0.3 is 15.8 Å². The van der Waals surface area contributed by atoms with Crippen molar-refractivity contribution in [1.29, 1.82) is 0 Å². The van der Waals surface area contributed by atoms with Crippen molar-refractivity contribution < 1.29 is 9.59 Å². The molecule has 1 aliphatic carbocycles. The van der Waals surface area contributed by atoms with Gasteiger partial charge in [0.25, 0.3) is 0 Å². The van der Waals surface area contributed by atoms with Crippen LogP contribution < -0.4 is 11.1 Å². The van der Waals surface area contributed by atoms with Gasteiger partial charge in [0, 0.05) is 17.9 Å². The molecule has 4 nitrogen and oxygen atoms in total. The highest BCUT2D eigenvalue weighted by Gasteiger charge is 2.30. The first kappa shape index (κ1) is 20.2. The summed E-state index contributed by atoms with van der Waals surface area (Å²) in [5.74, 6) is 0.132. The van der Waals surface area contributed by atoms with Crippen molar-refractivity contribution in [3.05, 3.63) is 33.8 Å². The number of amides is 1. The van der Waals surface area contributed by atoms with Crippen LogP contribution in [0.2, 0.25) is 10.0 Å². The first-order valence-corrected chi connectivity index (χ1v) is 9.44. The van der Waals surface area contributed by atoms with E-state index in [1.165, 1.54) is 0 Å². The van der Waals surface area contributed by atoms with Crippen LogP contribution in [0.25, 0.3) is 0 Å². The molecule has 0 saturated heterocycles. The highest BCUT2D eigenvalue weighted by atomic mass is 35.5. The molecule has 1 saturated carbocycles. The lowest BCUT2D eigenvalue weighted by atomic mass is 9.79. The molecule has 1 unspecified atom stereocenters. The fourth-order valence-electron chi connectivity index (χ4n) is 3.30. The van der Waals surface area contributed by atoms with Crippen LogP contribution in [0.3, 0.4) is 0 Å². The molecule has 0 aliphatic heterocycles. The van der Waals surface area contributed by atoms with Gasteiger partial charge in [-0.05, 0) is 49.3 Å². The Balaban J connectivity index is 1.91. The fourth-order valence-corrected chi connectivity index (χ4v) is 3.60. The number of nitrogens with two attached hydrogens (primary N) is 1. The van der Waals surface area contributed by atoms with Crippen molar-refractivity contribution in [3.8, 4) is 0 Å². The second-order valence-electron chi connectivity index (χ2n) is 7.57. The predicted molar refractivity (Wildman–Crippen MR) is 102 cm³/mol. The summed E-state index contributed by atoms with van der Waals surface area (Å²) in [7, 11) is 0. The molecule has 1 aromatic carbocycles. The minimum atomic E-state index is -0.530. The van der Waals surface area contributed by atoms with Crippen LogP contribution in [-0.4, -0.2) is 24.8 Å². The van der Waals surface area contributed by atoms with Crippen LogP contribution >= 0.6 is 23.2 Å². The van der Waals surface area contributed by atoms with Gasteiger partial charge in [-0.1, -0.05) is 43.1 Å². The molecule has 0 aromatic heterocycles. The van der Waals surface area contributed by atoms with E-state index in [2.05, 4.69) is 5.32 Å². The third-order valence-electron chi connectivity index (χ3n) is 5.23. The zero-order valence-corrected chi connectivity index (χ0v) is 16.2. The average molecular weight is 385 g/mol. The minimum absolute atomic E-state index is 0.125. The van der Waals surface area contributed by atoms with Gasteiger partial charge in [0.1, 0.15) is 6.29 Å². The van der Waals surface area contributed by atoms with Crippen LogP contribution in [0.1, 0.15) is 45.1 Å². The average Bonchev–Trinajstić information content (AvgIpc) is 2.61. The van der Waals surface area contributed by atoms with E-state index < -0.39 is 6.04 Å². The highest BCUT2D eigenvalue weighted by molar-refractivity contribution is 6.42. The Labute approximate surface area is 159 Å². The molecule has 0 spiro atoms. The molecular weight excluding hydrogens is 359 g/mol. The van der Waals surface area contributed by atoms with Crippen LogP contribution in [0.4, 0.5) is 0 Å². The lowest BCUT2D eigenvalue weighted by Crippen LogP contribution is -2.49. The summed E-state index contributed by atoms with van der Waals surface area (Å²) in [6.07, 6.45) is 4.32. The smallest absolute Gasteiger partial charge is 0.237 e. The molecule has 1 fully saturated rings. The molecule has 0 radical (unpaired) electrons. The van der Waals surface area contributed by atoms with Gasteiger partial charge in [-0.25, -0.2) is 0 Å². The normalized spacial score (nSPS) is 22.3. The molecule has 2 rings (SSSR count). The number of aldehydes is 1. The Bertz CT molecular complexity index is 626. The molecule has 1 aromatic rings. The number of halogens is 2. The Morgan fingerprint density at radius 2 is 1.92 bits per heavy atom. The Hall–Kier alpha value is -1.10. The third kappa shape index (κ3) is 5.19. The van der Waals surface area contributed by atoms with Gasteiger partial charge in [-0.3, -0.25) is 4.79 Å². The number of rotatable bonds is 6. The number of hydrogen-bond acceptors (Lipinski definition) is 3. The molecule has 6 heteroatoms. The van der Waals surface area contributed by atoms with E-state index in [1.54, 1.807) is 6.07 Å². The predicted octanol–water partition coefficient (Wildman–Crippen LogP) is 3.72. The summed E-state index contributed by atoms with van der Waals surface area (Å²) in [5, 5.41) is 3.98. The molecule has 0 heterocycles. The van der Waals surface area contributed by atoms with E-state index in [-0.39, 0.29) is 23.2 Å². The molecule has 1 aliphatic rings. The van der Waals surface area contributed by atoms with Crippen LogP contribution in [0.5, 0.6) is 0 Å². The second-order valence-corrected chi connectivity index (χ2v) is 8.38. The highest BCUT2D eigenvalue weighted by Crippen LogP contribution is 2.31. The number of carbonyl (C=O) groups is 2. The summed E-state index contributed by atoms with van der Waals surface area (Å²) in [4.78, 5) is 23.3. The van der Waals surface area contributed by atoms with E-state index in [4.69, 9.17) is 28.9 Å². The third-order valence-corrected chi connectivity index (χ3v) is 5.96. The first-order valence-electron chi connectivity index (χ1n) is 8.68. The molecule has 0 bridgehead atoms. The summed E-state index contributed by atoms with van der Waals surface area (Å²) in [5.41, 5.74) is 6.86. The van der Waals surface area contributed by atoms with Crippen LogP contribution in [0, 0.1) is 11.8 Å². The van der Waals surface area contributed by atoms with E-state index >= 15 is 0 Å². The lowest BCUT2D eigenvalue weighted by Gasteiger charge is -2.31. The summed E-state index contributed by atoms with van der Waals surface area (Å²) in [6, 6.07) is 4.98. The zero-order valence-electron chi connectivity index (χ0n) is 14.7. The molecule has 138 valence electrons. The Morgan fingerprint density at radius 3 is 2.48 bits per heavy atom. The van der Waals surface area contributed by atoms with Gasteiger partial charge in [0.2, 0.25) is 5.91 Å². The van der Waals surface area contributed by atoms with Gasteiger partial charge in [0.15, 0.2) is 0 Å². The molecule has 1 atom stereocenters. The molecule has 3 N–H and O–H groups in total. The van der Waals surface area contributed by atoms with E-state index in [0.29, 0.717) is 16.6 Å². The maximum atomic E-state index is 12.4. The van der Waals surface area contributed by atoms with Crippen molar-refractivity contribution in [2.75, 3.05) is 6.54 Å². The fraction of sp³-hybridized carbons (Fsp3) is 0.579. The van der Waals surface area contributed by atoms with E-state index in [9.17, 15) is 9.59 Å². The van der Waals surface area contributed by atoms with E-state index in [0.717, 1.165) is 37.5 Å². The Morgan fingerprint density at radius 1 is 1.28 bits per heavy atom. The minimum Gasteiger partial charge on any atom is -0.354 e. The monoisotopic (exact) mass is 384 g/mol. The quantitative estimate of drug-likeness (QED) is 0.733. The largest absolute Gasteiger partial charge is 0.354 e. The molecule has 25 heavy (non-hydrogen) atoms. The van der Waals surface area contributed by atoms with Crippen molar-refractivity contribution in [2.45, 2.75) is 51.0 Å². The number of nitrogens with one attached hydrogen (secondary N) is 1. The topological polar surface area (TPSA) is 72.2 Å². The van der Waals surface area contributed by atoms with Gasteiger partial charge in [-0.2, -0.15) is 0 Å². The summed E-state index contributed by atoms with van der Waals surface area (Å²) >= 11 is 12.1. The van der Waals surface area contributed by atoms with Crippen LogP contribution in [-0.2, 0) is 15.0 Å².